The van der Waals surface area contributed by atoms with Crippen molar-refractivity contribution in [2.45, 2.75) is 13.8 Å². The van der Waals surface area contributed by atoms with E-state index in [1.54, 1.807) is 6.21 Å². The van der Waals surface area contributed by atoms with Gasteiger partial charge in [-0.1, -0.05) is 12.1 Å². The number of nitrogens with zero attached hydrogens (tertiary/aromatic N) is 3. The molecule has 1 amide bonds. The van der Waals surface area contributed by atoms with Gasteiger partial charge in [0.05, 0.1) is 6.21 Å². The molecule has 0 saturated carbocycles. The Kier molecular flexibility index (Phi) is 5.41. The molecule has 0 fully saturated rings. The maximum atomic E-state index is 12.3. The summed E-state index contributed by atoms with van der Waals surface area (Å²) in [6, 6.07) is 19.6. The second-order valence-corrected chi connectivity index (χ2v) is 6.68. The zero-order chi connectivity index (χ0) is 19.4. The molecule has 2 aromatic carbocycles. The Morgan fingerprint density at radius 1 is 0.926 bits per heavy atom. The SMILES string of the molecule is Cc1ccc(C)n1-c1ccc(C(=O)N/N=C/c2ccc(N(C)C)cc2)cc1. The third kappa shape index (κ3) is 4.26. The van der Waals surface area contributed by atoms with Crippen molar-refractivity contribution in [3.63, 3.8) is 0 Å². The normalized spacial score (nSPS) is 11.0. The summed E-state index contributed by atoms with van der Waals surface area (Å²) in [6.45, 7) is 4.13. The van der Waals surface area contributed by atoms with E-state index in [-0.39, 0.29) is 5.91 Å². The van der Waals surface area contributed by atoms with E-state index in [1.165, 1.54) is 0 Å². The van der Waals surface area contributed by atoms with Gasteiger partial charge in [0.25, 0.3) is 5.91 Å². The molecule has 3 aromatic rings. The summed E-state index contributed by atoms with van der Waals surface area (Å²) in [4.78, 5) is 14.3. The highest BCUT2D eigenvalue weighted by Gasteiger charge is 2.07. The number of benzene rings is 2. The fourth-order valence-corrected chi connectivity index (χ4v) is 2.93. The molecule has 5 nitrogen and oxygen atoms in total. The van der Waals surface area contributed by atoms with Gasteiger partial charge in [-0.2, -0.15) is 5.10 Å². The lowest BCUT2D eigenvalue weighted by molar-refractivity contribution is 0.0955. The fourth-order valence-electron chi connectivity index (χ4n) is 2.93. The van der Waals surface area contributed by atoms with Crippen LogP contribution >= 0.6 is 0 Å². The molecule has 0 atom stereocenters. The van der Waals surface area contributed by atoms with Gasteiger partial charge >= 0.3 is 0 Å². The molecule has 5 heteroatoms. The van der Waals surface area contributed by atoms with E-state index >= 15 is 0 Å². The summed E-state index contributed by atoms with van der Waals surface area (Å²) in [5, 5.41) is 4.05. The maximum Gasteiger partial charge on any atom is 0.271 e. The molecule has 1 N–H and O–H groups in total. The predicted octanol–water partition coefficient (Wildman–Crippen LogP) is 3.92. The van der Waals surface area contributed by atoms with Crippen molar-refractivity contribution >= 4 is 17.8 Å². The summed E-state index contributed by atoms with van der Waals surface area (Å²) in [6.07, 6.45) is 1.64. The summed E-state index contributed by atoms with van der Waals surface area (Å²) < 4.78 is 2.15. The molecule has 0 bridgehead atoms. The van der Waals surface area contributed by atoms with Crippen molar-refractivity contribution in [3.05, 3.63) is 83.2 Å². The Hall–Kier alpha value is -3.34. The summed E-state index contributed by atoms with van der Waals surface area (Å²) in [5.41, 5.74) is 8.55. The van der Waals surface area contributed by atoms with Crippen LogP contribution in [0.25, 0.3) is 5.69 Å². The first kappa shape index (κ1) is 18.5. The van der Waals surface area contributed by atoms with E-state index in [2.05, 4.69) is 41.1 Å². The molecular weight excluding hydrogens is 336 g/mol. The predicted molar refractivity (Wildman–Crippen MR) is 111 cm³/mol. The van der Waals surface area contributed by atoms with Gasteiger partial charge in [0.15, 0.2) is 0 Å². The zero-order valence-corrected chi connectivity index (χ0v) is 16.1. The van der Waals surface area contributed by atoms with Gasteiger partial charge in [0.1, 0.15) is 0 Å². The first-order valence-corrected chi connectivity index (χ1v) is 8.82. The van der Waals surface area contributed by atoms with Crippen LogP contribution in [0.15, 0.2) is 65.8 Å². The minimum Gasteiger partial charge on any atom is -0.378 e. The third-order valence-corrected chi connectivity index (χ3v) is 4.45. The topological polar surface area (TPSA) is 49.6 Å². The number of aromatic nitrogens is 1. The average molecular weight is 360 g/mol. The van der Waals surface area contributed by atoms with E-state index in [0.29, 0.717) is 5.56 Å². The molecule has 0 aliphatic rings. The number of hydrogen-bond acceptors (Lipinski definition) is 3. The van der Waals surface area contributed by atoms with Gasteiger partial charge in [0, 0.05) is 42.4 Å². The van der Waals surface area contributed by atoms with Gasteiger partial charge in [-0.15, -0.1) is 0 Å². The first-order valence-electron chi connectivity index (χ1n) is 8.82. The van der Waals surface area contributed by atoms with Crippen molar-refractivity contribution in [2.24, 2.45) is 5.10 Å². The largest absolute Gasteiger partial charge is 0.378 e. The number of nitrogens with one attached hydrogen (secondary N) is 1. The lowest BCUT2D eigenvalue weighted by atomic mass is 10.2. The Bertz CT molecular complexity index is 931. The first-order chi connectivity index (χ1) is 13.0. The number of hydrazone groups is 1. The second-order valence-electron chi connectivity index (χ2n) is 6.68. The minimum absolute atomic E-state index is 0.233. The standard InChI is InChI=1S/C22H24N4O/c1-16-5-6-17(2)26(16)21-13-9-19(10-14-21)22(27)24-23-15-18-7-11-20(12-8-18)25(3)4/h5-15H,1-4H3,(H,24,27)/b23-15+. The van der Waals surface area contributed by atoms with Crippen LogP contribution in [-0.2, 0) is 0 Å². The lowest BCUT2D eigenvalue weighted by Crippen LogP contribution is -2.17. The van der Waals surface area contributed by atoms with Crippen molar-refractivity contribution in [3.8, 4) is 5.69 Å². The number of amides is 1. The van der Waals surface area contributed by atoms with Gasteiger partial charge in [-0.3, -0.25) is 4.79 Å². The van der Waals surface area contributed by atoms with E-state index in [4.69, 9.17) is 0 Å². The van der Waals surface area contributed by atoms with Crippen LogP contribution in [0.4, 0.5) is 5.69 Å². The van der Waals surface area contributed by atoms with Crippen LogP contribution in [0.5, 0.6) is 0 Å². The molecule has 0 aliphatic carbocycles. The van der Waals surface area contributed by atoms with Crippen molar-refractivity contribution in [1.29, 1.82) is 0 Å². The smallest absolute Gasteiger partial charge is 0.271 e. The van der Waals surface area contributed by atoms with Crippen LogP contribution in [-0.4, -0.2) is 30.8 Å². The Balaban J connectivity index is 1.64. The number of aryl methyl sites for hydroxylation is 2. The summed E-state index contributed by atoms with van der Waals surface area (Å²) in [7, 11) is 3.99. The molecule has 0 aliphatic heterocycles. The van der Waals surface area contributed by atoms with E-state index in [1.807, 2.05) is 67.5 Å². The summed E-state index contributed by atoms with van der Waals surface area (Å²) in [5.74, 6) is -0.233. The Labute approximate surface area is 159 Å². The molecular formula is C22H24N4O. The number of hydrogen-bond donors (Lipinski definition) is 1. The van der Waals surface area contributed by atoms with Gasteiger partial charge in [-0.05, 0) is 67.9 Å². The molecule has 3 rings (SSSR count). The Morgan fingerprint density at radius 3 is 2.07 bits per heavy atom. The van der Waals surface area contributed by atoms with E-state index in [9.17, 15) is 4.79 Å². The van der Waals surface area contributed by atoms with Crippen LogP contribution in [0, 0.1) is 13.8 Å². The fraction of sp³-hybridized carbons (Fsp3) is 0.182. The second kappa shape index (κ2) is 7.91. The van der Waals surface area contributed by atoms with Crippen molar-refractivity contribution in [2.75, 3.05) is 19.0 Å². The highest BCUT2D eigenvalue weighted by molar-refractivity contribution is 5.95. The quantitative estimate of drug-likeness (QED) is 0.554. The average Bonchev–Trinajstić information content (AvgIpc) is 3.00. The highest BCUT2D eigenvalue weighted by Crippen LogP contribution is 2.17. The zero-order valence-electron chi connectivity index (χ0n) is 16.1. The van der Waals surface area contributed by atoms with Gasteiger partial charge in [-0.25, -0.2) is 5.43 Å². The van der Waals surface area contributed by atoms with Crippen LogP contribution in [0.1, 0.15) is 27.3 Å². The molecule has 27 heavy (non-hydrogen) atoms. The Morgan fingerprint density at radius 2 is 1.52 bits per heavy atom. The van der Waals surface area contributed by atoms with Crippen LogP contribution < -0.4 is 10.3 Å². The molecule has 138 valence electrons. The number of carbonyl (C=O) groups excluding carboxylic acids is 1. The van der Waals surface area contributed by atoms with Crippen molar-refractivity contribution < 1.29 is 4.79 Å². The van der Waals surface area contributed by atoms with Crippen LogP contribution in [0.3, 0.4) is 0 Å². The van der Waals surface area contributed by atoms with Gasteiger partial charge in [0.2, 0.25) is 0 Å². The maximum absolute atomic E-state index is 12.3. The molecule has 0 spiro atoms. The molecule has 1 aromatic heterocycles. The number of carbonyl (C=O) groups is 1. The number of anilines is 1. The van der Waals surface area contributed by atoms with Gasteiger partial charge < -0.3 is 9.47 Å². The molecule has 1 heterocycles. The molecule has 0 unspecified atom stereocenters. The van der Waals surface area contributed by atoms with Crippen LogP contribution in [0.2, 0.25) is 0 Å². The van der Waals surface area contributed by atoms with E-state index < -0.39 is 0 Å². The third-order valence-electron chi connectivity index (χ3n) is 4.45. The number of rotatable bonds is 5. The lowest BCUT2D eigenvalue weighted by Gasteiger charge is -2.11. The minimum atomic E-state index is -0.233. The molecule has 0 saturated heterocycles. The molecule has 0 radical (unpaired) electrons. The van der Waals surface area contributed by atoms with E-state index in [0.717, 1.165) is 28.3 Å². The van der Waals surface area contributed by atoms with Crippen molar-refractivity contribution in [1.82, 2.24) is 9.99 Å². The highest BCUT2D eigenvalue weighted by atomic mass is 16.2. The monoisotopic (exact) mass is 360 g/mol. The summed E-state index contributed by atoms with van der Waals surface area (Å²) >= 11 is 0.